The van der Waals surface area contributed by atoms with Gasteiger partial charge in [-0.15, -0.1) is 11.3 Å². The van der Waals surface area contributed by atoms with Crippen LogP contribution in [-0.2, 0) is 11.2 Å². The normalized spacial score (nSPS) is 29.9. The summed E-state index contributed by atoms with van der Waals surface area (Å²) in [6, 6.07) is 0. The number of hydrogen-bond acceptors (Lipinski definition) is 3. The molecular weight excluding hydrogens is 270 g/mol. The first-order chi connectivity index (χ1) is 9.69. The summed E-state index contributed by atoms with van der Waals surface area (Å²) in [6.07, 6.45) is 9.18. The van der Waals surface area contributed by atoms with E-state index < -0.39 is 5.97 Å². The maximum Gasteiger partial charge on any atom is 0.312 e. The number of aromatic nitrogens is 1. The van der Waals surface area contributed by atoms with Gasteiger partial charge in [-0.2, -0.15) is 0 Å². The third kappa shape index (κ3) is 2.62. The number of carbonyl (C=O) groups is 1. The van der Waals surface area contributed by atoms with Gasteiger partial charge < -0.3 is 5.11 Å². The zero-order valence-corrected chi connectivity index (χ0v) is 12.9. The number of hydrogen-bond donors (Lipinski definition) is 1. The topological polar surface area (TPSA) is 50.2 Å². The SMILES string of the molecule is CCC1CCC(c2nc3c(s2)CCCC3C(=O)O)CC1. The second-order valence-corrected chi connectivity index (χ2v) is 7.38. The standard InChI is InChI=1S/C16H23NO2S/c1-2-10-6-8-11(9-7-10)15-17-14-12(16(18)19)4-3-5-13(14)20-15/h10-12H,2-9H2,1H3,(H,18,19). The van der Waals surface area contributed by atoms with Crippen molar-refractivity contribution in [1.82, 2.24) is 4.98 Å². The van der Waals surface area contributed by atoms with Crippen LogP contribution in [0.15, 0.2) is 0 Å². The Morgan fingerprint density at radius 3 is 2.70 bits per heavy atom. The molecular formula is C16H23NO2S. The third-order valence-electron chi connectivity index (χ3n) is 5.04. The van der Waals surface area contributed by atoms with Crippen LogP contribution in [0.1, 0.15) is 79.3 Å². The van der Waals surface area contributed by atoms with E-state index in [0.29, 0.717) is 5.92 Å². The van der Waals surface area contributed by atoms with Gasteiger partial charge in [-0.3, -0.25) is 4.79 Å². The van der Waals surface area contributed by atoms with Crippen molar-refractivity contribution in [3.63, 3.8) is 0 Å². The summed E-state index contributed by atoms with van der Waals surface area (Å²) in [5, 5.41) is 10.6. The maximum atomic E-state index is 11.3. The molecule has 1 unspecified atom stereocenters. The van der Waals surface area contributed by atoms with E-state index in [-0.39, 0.29) is 5.92 Å². The summed E-state index contributed by atoms with van der Waals surface area (Å²) in [5.41, 5.74) is 0.890. The van der Waals surface area contributed by atoms with Crippen LogP contribution in [0.4, 0.5) is 0 Å². The van der Waals surface area contributed by atoms with E-state index in [1.807, 2.05) is 0 Å². The molecule has 0 bridgehead atoms. The molecule has 1 N–H and O–H groups in total. The molecule has 0 amide bonds. The predicted molar refractivity (Wildman–Crippen MR) is 80.4 cm³/mol. The van der Waals surface area contributed by atoms with Crippen LogP contribution >= 0.6 is 11.3 Å². The molecule has 2 aliphatic carbocycles. The van der Waals surface area contributed by atoms with Crippen LogP contribution in [0.5, 0.6) is 0 Å². The molecule has 20 heavy (non-hydrogen) atoms. The third-order valence-corrected chi connectivity index (χ3v) is 6.34. The number of aryl methyl sites for hydroxylation is 1. The van der Waals surface area contributed by atoms with Crippen molar-refractivity contribution < 1.29 is 9.90 Å². The van der Waals surface area contributed by atoms with E-state index in [4.69, 9.17) is 4.98 Å². The Labute approximate surface area is 124 Å². The molecule has 0 radical (unpaired) electrons. The Balaban J connectivity index is 1.78. The lowest BCUT2D eigenvalue weighted by molar-refractivity contribution is -0.139. The van der Waals surface area contributed by atoms with Crippen LogP contribution < -0.4 is 0 Å². The van der Waals surface area contributed by atoms with E-state index in [9.17, 15) is 9.90 Å². The zero-order valence-electron chi connectivity index (χ0n) is 12.1. The van der Waals surface area contributed by atoms with Gasteiger partial charge in [0.1, 0.15) is 0 Å². The number of nitrogens with zero attached hydrogens (tertiary/aromatic N) is 1. The van der Waals surface area contributed by atoms with Crippen molar-refractivity contribution in [3.8, 4) is 0 Å². The summed E-state index contributed by atoms with van der Waals surface area (Å²) >= 11 is 1.80. The first kappa shape index (κ1) is 14.1. The second-order valence-electron chi connectivity index (χ2n) is 6.27. The average molecular weight is 293 g/mol. The molecule has 1 atom stereocenters. The molecule has 0 spiro atoms. The molecule has 1 aromatic heterocycles. The fraction of sp³-hybridized carbons (Fsp3) is 0.750. The van der Waals surface area contributed by atoms with Gasteiger partial charge in [-0.25, -0.2) is 4.98 Å². The van der Waals surface area contributed by atoms with Crippen molar-refractivity contribution in [2.24, 2.45) is 5.92 Å². The molecule has 2 aliphatic rings. The average Bonchev–Trinajstić information content (AvgIpc) is 2.90. The highest BCUT2D eigenvalue weighted by Gasteiger charge is 2.32. The minimum Gasteiger partial charge on any atom is -0.481 e. The van der Waals surface area contributed by atoms with E-state index >= 15 is 0 Å². The highest BCUT2D eigenvalue weighted by Crippen LogP contribution is 2.42. The second kappa shape index (κ2) is 5.84. The largest absolute Gasteiger partial charge is 0.481 e. The fourth-order valence-electron chi connectivity index (χ4n) is 3.67. The van der Waals surface area contributed by atoms with Crippen molar-refractivity contribution in [2.45, 2.75) is 70.1 Å². The highest BCUT2D eigenvalue weighted by molar-refractivity contribution is 7.11. The van der Waals surface area contributed by atoms with Gasteiger partial charge in [0, 0.05) is 10.8 Å². The Morgan fingerprint density at radius 1 is 1.30 bits per heavy atom. The molecule has 3 nitrogen and oxygen atoms in total. The number of aliphatic carboxylic acids is 1. The number of carboxylic acid groups (broad SMARTS) is 1. The van der Waals surface area contributed by atoms with Crippen molar-refractivity contribution in [3.05, 3.63) is 15.6 Å². The van der Waals surface area contributed by atoms with Crippen molar-refractivity contribution in [1.29, 1.82) is 0 Å². The predicted octanol–water partition coefficient (Wildman–Crippen LogP) is 4.33. The first-order valence-corrected chi connectivity index (χ1v) is 8.73. The van der Waals surface area contributed by atoms with Crippen LogP contribution in [0, 0.1) is 5.92 Å². The molecule has 1 aromatic rings. The van der Waals surface area contributed by atoms with Crippen LogP contribution in [-0.4, -0.2) is 16.1 Å². The van der Waals surface area contributed by atoms with Crippen molar-refractivity contribution >= 4 is 17.3 Å². The highest BCUT2D eigenvalue weighted by atomic mass is 32.1. The molecule has 3 rings (SSSR count). The number of fused-ring (bicyclic) bond motifs is 1. The fourth-order valence-corrected chi connectivity index (χ4v) is 5.01. The molecule has 1 heterocycles. The number of rotatable bonds is 3. The molecule has 1 saturated carbocycles. The Bertz CT molecular complexity index is 489. The van der Waals surface area contributed by atoms with Gasteiger partial charge in [0.15, 0.2) is 0 Å². The summed E-state index contributed by atoms with van der Waals surface area (Å²) in [5.74, 6) is 0.434. The van der Waals surface area contributed by atoms with Crippen LogP contribution in [0.2, 0.25) is 0 Å². The number of carboxylic acids is 1. The minimum absolute atomic E-state index is 0.351. The lowest BCUT2D eigenvalue weighted by Gasteiger charge is -2.26. The molecule has 4 heteroatoms. The van der Waals surface area contributed by atoms with Crippen LogP contribution in [0.3, 0.4) is 0 Å². The zero-order chi connectivity index (χ0) is 14.1. The summed E-state index contributed by atoms with van der Waals surface area (Å²) in [6.45, 7) is 2.28. The quantitative estimate of drug-likeness (QED) is 0.902. The van der Waals surface area contributed by atoms with E-state index in [1.165, 1.54) is 42.0 Å². The van der Waals surface area contributed by atoms with E-state index in [2.05, 4.69) is 6.92 Å². The Morgan fingerprint density at radius 2 is 2.05 bits per heavy atom. The molecule has 0 saturated heterocycles. The van der Waals surface area contributed by atoms with Gasteiger partial charge in [-0.1, -0.05) is 13.3 Å². The lowest BCUT2D eigenvalue weighted by atomic mass is 9.81. The van der Waals surface area contributed by atoms with Gasteiger partial charge in [0.2, 0.25) is 0 Å². The maximum absolute atomic E-state index is 11.3. The van der Waals surface area contributed by atoms with Gasteiger partial charge in [0.05, 0.1) is 16.6 Å². The lowest BCUT2D eigenvalue weighted by Crippen LogP contribution is -2.17. The first-order valence-electron chi connectivity index (χ1n) is 7.91. The monoisotopic (exact) mass is 293 g/mol. The van der Waals surface area contributed by atoms with Gasteiger partial charge in [-0.05, 0) is 50.9 Å². The van der Waals surface area contributed by atoms with E-state index in [1.54, 1.807) is 11.3 Å². The smallest absolute Gasteiger partial charge is 0.312 e. The molecule has 110 valence electrons. The molecule has 0 aromatic carbocycles. The van der Waals surface area contributed by atoms with Crippen molar-refractivity contribution in [2.75, 3.05) is 0 Å². The molecule has 1 fully saturated rings. The Kier molecular flexibility index (Phi) is 4.11. The van der Waals surface area contributed by atoms with Crippen LogP contribution in [0.25, 0.3) is 0 Å². The summed E-state index contributed by atoms with van der Waals surface area (Å²) < 4.78 is 0. The minimum atomic E-state index is -0.697. The van der Waals surface area contributed by atoms with Gasteiger partial charge >= 0.3 is 5.97 Å². The molecule has 0 aliphatic heterocycles. The summed E-state index contributed by atoms with van der Waals surface area (Å²) in [4.78, 5) is 17.4. The summed E-state index contributed by atoms with van der Waals surface area (Å²) in [7, 11) is 0. The Hall–Kier alpha value is -0.900. The number of thiazole rings is 1. The van der Waals surface area contributed by atoms with E-state index in [0.717, 1.165) is 30.9 Å². The van der Waals surface area contributed by atoms with Gasteiger partial charge in [0.25, 0.3) is 0 Å².